The van der Waals surface area contributed by atoms with E-state index < -0.39 is 11.7 Å². The van der Waals surface area contributed by atoms with Crippen molar-refractivity contribution < 1.29 is 13.2 Å². The molecule has 1 aromatic heterocycles. The monoisotopic (exact) mass is 365 g/mol. The second-order valence-electron chi connectivity index (χ2n) is 3.90. The van der Waals surface area contributed by atoms with Crippen LogP contribution in [0.2, 0.25) is 0 Å². The third-order valence-electron chi connectivity index (χ3n) is 2.57. The van der Waals surface area contributed by atoms with Gasteiger partial charge in [0.05, 0.1) is 21.9 Å². The van der Waals surface area contributed by atoms with Crippen LogP contribution in [-0.4, -0.2) is 15.5 Å². The molecule has 0 saturated carbocycles. The standard InChI is InChI=1S/C12H11BrF3N3S/c1-2-20-10-5-7(12(14,15)16)3-4-9(10)19-11(17)8(13)6-18-19/h3-6H,2,17H2,1H3. The molecule has 0 fully saturated rings. The van der Waals surface area contributed by atoms with E-state index in [1.165, 1.54) is 28.7 Å². The SMILES string of the molecule is CCSc1cc(C(F)(F)F)ccc1-n1ncc(Br)c1N. The average molecular weight is 366 g/mol. The first-order valence-electron chi connectivity index (χ1n) is 5.68. The summed E-state index contributed by atoms with van der Waals surface area (Å²) < 4.78 is 40.3. The summed E-state index contributed by atoms with van der Waals surface area (Å²) >= 11 is 4.54. The number of aromatic nitrogens is 2. The number of alkyl halides is 3. The van der Waals surface area contributed by atoms with Gasteiger partial charge in [-0.2, -0.15) is 18.3 Å². The lowest BCUT2D eigenvalue weighted by atomic mass is 10.2. The molecule has 1 aromatic carbocycles. The number of benzene rings is 1. The van der Waals surface area contributed by atoms with E-state index in [2.05, 4.69) is 21.0 Å². The van der Waals surface area contributed by atoms with E-state index in [9.17, 15) is 13.2 Å². The van der Waals surface area contributed by atoms with Crippen LogP contribution in [0.15, 0.2) is 33.8 Å². The lowest BCUT2D eigenvalue weighted by molar-refractivity contribution is -0.137. The van der Waals surface area contributed by atoms with Gasteiger partial charge in [0.1, 0.15) is 5.82 Å². The number of anilines is 1. The van der Waals surface area contributed by atoms with Crippen molar-refractivity contribution in [2.24, 2.45) is 0 Å². The van der Waals surface area contributed by atoms with Crippen LogP contribution in [0.25, 0.3) is 5.69 Å². The highest BCUT2D eigenvalue weighted by Gasteiger charge is 2.31. The minimum absolute atomic E-state index is 0.350. The summed E-state index contributed by atoms with van der Waals surface area (Å²) in [4.78, 5) is 0.490. The van der Waals surface area contributed by atoms with Gasteiger partial charge in [-0.1, -0.05) is 6.92 Å². The zero-order valence-corrected chi connectivity index (χ0v) is 12.8. The highest BCUT2D eigenvalue weighted by Crippen LogP contribution is 2.36. The number of thioether (sulfide) groups is 1. The van der Waals surface area contributed by atoms with Crippen molar-refractivity contribution in [3.05, 3.63) is 34.4 Å². The fourth-order valence-electron chi connectivity index (χ4n) is 1.67. The summed E-state index contributed by atoms with van der Waals surface area (Å²) in [6, 6.07) is 3.54. The first kappa shape index (κ1) is 15.2. The van der Waals surface area contributed by atoms with Crippen LogP contribution in [0.5, 0.6) is 0 Å². The number of nitrogen functional groups attached to an aromatic ring is 1. The number of nitrogens with two attached hydrogens (primary N) is 1. The van der Waals surface area contributed by atoms with Crippen LogP contribution in [0.3, 0.4) is 0 Å². The van der Waals surface area contributed by atoms with Crippen molar-refractivity contribution in [2.75, 3.05) is 11.5 Å². The molecule has 0 aliphatic rings. The Balaban J connectivity index is 2.56. The van der Waals surface area contributed by atoms with E-state index in [0.717, 1.165) is 12.1 Å². The zero-order valence-electron chi connectivity index (χ0n) is 10.4. The van der Waals surface area contributed by atoms with Gasteiger partial charge in [-0.3, -0.25) is 0 Å². The van der Waals surface area contributed by atoms with Crippen molar-refractivity contribution in [2.45, 2.75) is 18.0 Å². The third kappa shape index (κ3) is 2.95. The second kappa shape index (κ2) is 5.69. The van der Waals surface area contributed by atoms with Crippen molar-refractivity contribution in [3.8, 4) is 5.69 Å². The lowest BCUT2D eigenvalue weighted by Crippen LogP contribution is -2.08. The van der Waals surface area contributed by atoms with Crippen molar-refractivity contribution >= 4 is 33.5 Å². The molecule has 0 spiro atoms. The molecular weight excluding hydrogens is 355 g/mol. The normalized spacial score (nSPS) is 11.8. The molecule has 0 atom stereocenters. The first-order valence-corrected chi connectivity index (χ1v) is 7.46. The molecule has 2 rings (SSSR count). The number of halogens is 4. The predicted octanol–water partition coefficient (Wildman–Crippen LogP) is 4.35. The largest absolute Gasteiger partial charge is 0.416 e. The van der Waals surface area contributed by atoms with Crippen LogP contribution in [0, 0.1) is 0 Å². The Morgan fingerprint density at radius 3 is 2.60 bits per heavy atom. The van der Waals surface area contributed by atoms with Crippen LogP contribution < -0.4 is 5.73 Å². The number of hydrogen-bond acceptors (Lipinski definition) is 3. The van der Waals surface area contributed by atoms with Gasteiger partial charge >= 0.3 is 6.18 Å². The van der Waals surface area contributed by atoms with Crippen LogP contribution >= 0.6 is 27.7 Å². The van der Waals surface area contributed by atoms with Gasteiger partial charge < -0.3 is 5.73 Å². The summed E-state index contributed by atoms with van der Waals surface area (Å²) in [6.07, 6.45) is -2.86. The van der Waals surface area contributed by atoms with Crippen LogP contribution in [0.4, 0.5) is 19.0 Å². The minimum atomic E-state index is -4.36. The Bertz CT molecular complexity index is 625. The van der Waals surface area contributed by atoms with Crippen LogP contribution in [0.1, 0.15) is 12.5 Å². The molecule has 1 heterocycles. The Morgan fingerprint density at radius 2 is 2.10 bits per heavy atom. The molecule has 0 aliphatic carbocycles. The quantitative estimate of drug-likeness (QED) is 0.822. The fraction of sp³-hybridized carbons (Fsp3) is 0.250. The fourth-order valence-corrected chi connectivity index (χ4v) is 2.75. The number of rotatable bonds is 3. The van der Waals surface area contributed by atoms with Gasteiger partial charge in [0.15, 0.2) is 0 Å². The molecule has 0 radical (unpaired) electrons. The molecule has 0 unspecified atom stereocenters. The van der Waals surface area contributed by atoms with E-state index in [4.69, 9.17) is 5.73 Å². The van der Waals surface area contributed by atoms with E-state index in [-0.39, 0.29) is 0 Å². The zero-order chi connectivity index (χ0) is 14.9. The Labute approximate surface area is 126 Å². The molecule has 0 amide bonds. The second-order valence-corrected chi connectivity index (χ2v) is 6.06. The Morgan fingerprint density at radius 1 is 1.40 bits per heavy atom. The molecule has 20 heavy (non-hydrogen) atoms. The molecule has 0 saturated heterocycles. The molecule has 8 heteroatoms. The average Bonchev–Trinajstić information content (AvgIpc) is 2.69. The summed E-state index contributed by atoms with van der Waals surface area (Å²) in [5.74, 6) is 0.999. The maximum atomic E-state index is 12.8. The minimum Gasteiger partial charge on any atom is -0.383 e. The molecular formula is C12H11BrF3N3S. The van der Waals surface area contributed by atoms with Gasteiger partial charge in [-0.25, -0.2) is 4.68 Å². The molecule has 2 aromatic rings. The topological polar surface area (TPSA) is 43.8 Å². The van der Waals surface area contributed by atoms with Gasteiger partial charge in [0.2, 0.25) is 0 Å². The Hall–Kier alpha value is -1.15. The van der Waals surface area contributed by atoms with Gasteiger partial charge in [0.25, 0.3) is 0 Å². The smallest absolute Gasteiger partial charge is 0.383 e. The Kier molecular flexibility index (Phi) is 4.33. The van der Waals surface area contributed by atoms with Crippen molar-refractivity contribution in [3.63, 3.8) is 0 Å². The van der Waals surface area contributed by atoms with E-state index in [1.807, 2.05) is 6.92 Å². The van der Waals surface area contributed by atoms with E-state index in [0.29, 0.717) is 26.6 Å². The van der Waals surface area contributed by atoms with Crippen molar-refractivity contribution in [1.29, 1.82) is 0 Å². The lowest BCUT2D eigenvalue weighted by Gasteiger charge is -2.13. The summed E-state index contributed by atoms with van der Waals surface area (Å²) in [7, 11) is 0. The predicted molar refractivity (Wildman–Crippen MR) is 77.1 cm³/mol. The third-order valence-corrected chi connectivity index (χ3v) is 4.11. The molecule has 0 bridgehead atoms. The van der Waals surface area contributed by atoms with Gasteiger partial charge in [0, 0.05) is 4.90 Å². The first-order chi connectivity index (χ1) is 9.34. The van der Waals surface area contributed by atoms with E-state index in [1.54, 1.807) is 0 Å². The van der Waals surface area contributed by atoms with Crippen molar-refractivity contribution in [1.82, 2.24) is 9.78 Å². The maximum Gasteiger partial charge on any atom is 0.416 e. The number of hydrogen-bond donors (Lipinski definition) is 1. The molecule has 2 N–H and O–H groups in total. The van der Waals surface area contributed by atoms with Crippen LogP contribution in [-0.2, 0) is 6.18 Å². The summed E-state index contributed by atoms with van der Waals surface area (Å²) in [6.45, 7) is 1.87. The molecule has 108 valence electrons. The number of nitrogens with zero attached hydrogens (tertiary/aromatic N) is 2. The molecule has 0 aliphatic heterocycles. The van der Waals surface area contributed by atoms with Gasteiger partial charge in [-0.05, 0) is 39.9 Å². The summed E-state index contributed by atoms with van der Waals surface area (Å²) in [5.41, 5.74) is 5.70. The summed E-state index contributed by atoms with van der Waals surface area (Å²) in [5, 5.41) is 4.07. The highest BCUT2D eigenvalue weighted by molar-refractivity contribution is 9.10. The highest BCUT2D eigenvalue weighted by atomic mass is 79.9. The van der Waals surface area contributed by atoms with Gasteiger partial charge in [-0.15, -0.1) is 11.8 Å². The maximum absolute atomic E-state index is 12.8. The van der Waals surface area contributed by atoms with E-state index >= 15 is 0 Å². The molecule has 3 nitrogen and oxygen atoms in total.